The van der Waals surface area contributed by atoms with Gasteiger partial charge in [0, 0.05) is 18.3 Å². The molecule has 0 aliphatic heterocycles. The maximum absolute atomic E-state index is 3.25. The molecule has 0 saturated heterocycles. The van der Waals surface area contributed by atoms with Gasteiger partial charge in [-0.2, -0.15) is 0 Å². The predicted octanol–water partition coefficient (Wildman–Crippen LogP) is 7.70. The molecule has 0 aliphatic rings. The van der Waals surface area contributed by atoms with Crippen LogP contribution >= 0.6 is 0 Å². The molecular weight excluding hydrogens is 302 g/mol. The Kier molecular flexibility index (Phi) is 10.7. The molecule has 0 aromatic carbocycles. The molecule has 1 heterocycles. The molecule has 1 nitrogen and oxygen atoms in total. The molecule has 1 aromatic heterocycles. The van der Waals surface area contributed by atoms with E-state index in [0.29, 0.717) is 0 Å². The summed E-state index contributed by atoms with van der Waals surface area (Å²) in [6.07, 6.45) is 19.5. The minimum atomic E-state index is 1.01. The zero-order valence-corrected chi connectivity index (χ0v) is 17.0. The molecule has 1 N–H and O–H groups in total. The van der Waals surface area contributed by atoms with Gasteiger partial charge in [0.05, 0.1) is 0 Å². The second kappa shape index (κ2) is 12.6. The summed E-state index contributed by atoms with van der Waals surface area (Å²) >= 11 is 0. The number of rotatable bonds is 11. The van der Waals surface area contributed by atoms with E-state index in [1.807, 2.05) is 6.20 Å². The summed E-state index contributed by atoms with van der Waals surface area (Å²) in [5, 5.41) is 0. The highest BCUT2D eigenvalue weighted by Crippen LogP contribution is 2.14. The van der Waals surface area contributed by atoms with Crippen LogP contribution < -0.4 is 0 Å². The van der Waals surface area contributed by atoms with E-state index >= 15 is 0 Å². The molecule has 0 fully saturated rings. The largest absolute Gasteiger partial charge is 0.365 e. The highest BCUT2D eigenvalue weighted by atomic mass is 14.7. The maximum Gasteiger partial charge on any atom is 0.0185 e. The smallest absolute Gasteiger partial charge is 0.0185 e. The van der Waals surface area contributed by atoms with Crippen LogP contribution in [0.3, 0.4) is 0 Å². The molecule has 0 aliphatic carbocycles. The number of hydrogen-bond donors (Lipinski definition) is 1. The fourth-order valence-corrected chi connectivity index (χ4v) is 2.77. The third-order valence-electron chi connectivity index (χ3n) is 4.49. The van der Waals surface area contributed by atoms with Crippen LogP contribution in [0.25, 0.3) is 0 Å². The molecule has 25 heavy (non-hydrogen) atoms. The van der Waals surface area contributed by atoms with E-state index < -0.39 is 0 Å². The molecule has 0 radical (unpaired) electrons. The molecule has 1 aromatic rings. The second-order valence-corrected chi connectivity index (χ2v) is 7.45. The van der Waals surface area contributed by atoms with Crippen LogP contribution in [0.1, 0.15) is 78.8 Å². The predicted molar refractivity (Wildman–Crippen MR) is 113 cm³/mol. The summed E-state index contributed by atoms with van der Waals surface area (Å²) in [5.41, 5.74) is 7.23. The van der Waals surface area contributed by atoms with Gasteiger partial charge in [-0.15, -0.1) is 0 Å². The summed E-state index contributed by atoms with van der Waals surface area (Å²) in [5.74, 6) is 0. The SMILES string of the molecule is CC(C)=CCC/C(C)=C/CC/C(C)=C/CC/C(C)=C/Cc1ccc[nH]1. The van der Waals surface area contributed by atoms with Gasteiger partial charge in [0.25, 0.3) is 0 Å². The Morgan fingerprint density at radius 2 is 1.28 bits per heavy atom. The lowest BCUT2D eigenvalue weighted by atomic mass is 10.0. The van der Waals surface area contributed by atoms with Gasteiger partial charge in [0.1, 0.15) is 0 Å². The van der Waals surface area contributed by atoms with Crippen LogP contribution in [-0.4, -0.2) is 4.98 Å². The van der Waals surface area contributed by atoms with Crippen molar-refractivity contribution in [2.75, 3.05) is 0 Å². The van der Waals surface area contributed by atoms with Crippen molar-refractivity contribution >= 4 is 0 Å². The van der Waals surface area contributed by atoms with Crippen molar-refractivity contribution in [3.8, 4) is 0 Å². The van der Waals surface area contributed by atoms with Crippen LogP contribution in [0.4, 0.5) is 0 Å². The molecule has 1 heteroatoms. The first kappa shape index (κ1) is 21.3. The normalized spacial score (nSPS) is 13.2. The van der Waals surface area contributed by atoms with Gasteiger partial charge in [-0.1, -0.05) is 46.6 Å². The Bertz CT molecular complexity index is 590. The van der Waals surface area contributed by atoms with E-state index in [9.17, 15) is 0 Å². The Balaban J connectivity index is 2.22. The third-order valence-corrected chi connectivity index (χ3v) is 4.49. The highest BCUT2D eigenvalue weighted by Gasteiger charge is 1.94. The van der Waals surface area contributed by atoms with E-state index in [4.69, 9.17) is 0 Å². The monoisotopic (exact) mass is 339 g/mol. The Morgan fingerprint density at radius 3 is 1.76 bits per heavy atom. The fourth-order valence-electron chi connectivity index (χ4n) is 2.77. The van der Waals surface area contributed by atoms with Gasteiger partial charge in [-0.05, 0) is 85.3 Å². The summed E-state index contributed by atoms with van der Waals surface area (Å²) in [4.78, 5) is 3.25. The van der Waals surface area contributed by atoms with Crippen molar-refractivity contribution in [1.82, 2.24) is 4.98 Å². The topological polar surface area (TPSA) is 15.8 Å². The third kappa shape index (κ3) is 11.4. The van der Waals surface area contributed by atoms with E-state index in [1.54, 1.807) is 0 Å². The van der Waals surface area contributed by atoms with E-state index in [2.05, 4.69) is 76.0 Å². The number of hydrogen-bond acceptors (Lipinski definition) is 0. The van der Waals surface area contributed by atoms with E-state index in [1.165, 1.54) is 53.7 Å². The summed E-state index contributed by atoms with van der Waals surface area (Å²) < 4.78 is 0. The Morgan fingerprint density at radius 1 is 0.760 bits per heavy atom. The highest BCUT2D eigenvalue weighted by molar-refractivity contribution is 5.12. The molecule has 138 valence electrons. The number of H-pyrrole nitrogens is 1. The second-order valence-electron chi connectivity index (χ2n) is 7.45. The molecule has 0 unspecified atom stereocenters. The van der Waals surface area contributed by atoms with Gasteiger partial charge in [-0.3, -0.25) is 0 Å². The first-order valence-corrected chi connectivity index (χ1v) is 9.70. The van der Waals surface area contributed by atoms with Crippen molar-refractivity contribution in [2.24, 2.45) is 0 Å². The van der Waals surface area contributed by atoms with Gasteiger partial charge < -0.3 is 4.98 Å². The first-order valence-electron chi connectivity index (χ1n) is 9.70. The maximum atomic E-state index is 3.25. The van der Waals surface area contributed by atoms with Crippen molar-refractivity contribution in [2.45, 2.75) is 79.6 Å². The minimum absolute atomic E-state index is 1.01. The van der Waals surface area contributed by atoms with Crippen LogP contribution in [0.2, 0.25) is 0 Å². The number of aromatic amines is 1. The van der Waals surface area contributed by atoms with Crippen LogP contribution in [0, 0.1) is 0 Å². The number of allylic oxidation sites excluding steroid dienone is 8. The van der Waals surface area contributed by atoms with Crippen molar-refractivity contribution in [1.29, 1.82) is 0 Å². The van der Waals surface area contributed by atoms with E-state index in [-0.39, 0.29) is 0 Å². The Labute approximate surface area is 155 Å². The first-order chi connectivity index (χ1) is 12.0. The summed E-state index contributed by atoms with van der Waals surface area (Å²) in [7, 11) is 0. The molecule has 0 atom stereocenters. The molecule has 0 spiro atoms. The quantitative estimate of drug-likeness (QED) is 0.397. The van der Waals surface area contributed by atoms with Crippen molar-refractivity contribution in [3.63, 3.8) is 0 Å². The fraction of sp³-hybridized carbons (Fsp3) is 0.500. The van der Waals surface area contributed by atoms with Gasteiger partial charge in [0.2, 0.25) is 0 Å². The van der Waals surface area contributed by atoms with Gasteiger partial charge in [0.15, 0.2) is 0 Å². The lowest BCUT2D eigenvalue weighted by Crippen LogP contribution is -1.84. The zero-order chi connectivity index (χ0) is 18.5. The summed E-state index contributed by atoms with van der Waals surface area (Å²) in [6, 6.07) is 4.20. The van der Waals surface area contributed by atoms with Crippen LogP contribution in [-0.2, 0) is 6.42 Å². The van der Waals surface area contributed by atoms with Crippen LogP contribution in [0.15, 0.2) is 64.9 Å². The Hall–Kier alpha value is -1.76. The number of aromatic nitrogens is 1. The van der Waals surface area contributed by atoms with Crippen LogP contribution in [0.5, 0.6) is 0 Å². The standard InChI is InChI=1S/C24H37N/c1-20(2)10-6-11-21(3)12-7-13-22(4)14-8-15-23(5)17-18-24-16-9-19-25-24/h9-10,12,14,16-17,19,25H,6-8,11,13,15,18H2,1-5H3/b21-12+,22-14+,23-17+. The van der Waals surface area contributed by atoms with E-state index in [0.717, 1.165) is 19.3 Å². The average molecular weight is 340 g/mol. The van der Waals surface area contributed by atoms with Gasteiger partial charge in [-0.25, -0.2) is 0 Å². The molecule has 1 rings (SSSR count). The summed E-state index contributed by atoms with van der Waals surface area (Å²) in [6.45, 7) is 11.1. The van der Waals surface area contributed by atoms with Gasteiger partial charge >= 0.3 is 0 Å². The number of nitrogens with one attached hydrogen (secondary N) is 1. The van der Waals surface area contributed by atoms with Crippen molar-refractivity contribution in [3.05, 3.63) is 70.6 Å². The lowest BCUT2D eigenvalue weighted by molar-refractivity contribution is 0.898. The lowest BCUT2D eigenvalue weighted by Gasteiger charge is -2.03. The molecular formula is C24H37N. The minimum Gasteiger partial charge on any atom is -0.365 e. The molecule has 0 amide bonds. The van der Waals surface area contributed by atoms with Crippen molar-refractivity contribution < 1.29 is 0 Å². The average Bonchev–Trinajstić information content (AvgIpc) is 3.06. The zero-order valence-electron chi connectivity index (χ0n) is 17.0. The molecule has 0 saturated carbocycles. The molecule has 0 bridgehead atoms.